The standard InChI is InChI=1S/C22H18N4O7/c1-2-16-19-14(21(29)25(16)17-10-11-18(27)24-20(17)28)4-3-5-15(19)23-22(30)33-13-8-6-12(7-9-13)26(31)32/h2-9,17H,10-11H2,1H3,(H,23,30)(H,24,27,28). The van der Waals surface area contributed by atoms with E-state index in [0.29, 0.717) is 16.8 Å². The van der Waals surface area contributed by atoms with Crippen LogP contribution in [0.15, 0.2) is 48.5 Å². The van der Waals surface area contributed by atoms with Gasteiger partial charge in [-0.1, -0.05) is 12.1 Å². The molecule has 1 atom stereocenters. The summed E-state index contributed by atoms with van der Waals surface area (Å²) in [6, 6.07) is 8.89. The Morgan fingerprint density at radius 2 is 1.94 bits per heavy atom. The predicted molar refractivity (Wildman–Crippen MR) is 115 cm³/mol. The number of imide groups is 1. The van der Waals surface area contributed by atoms with Crippen molar-refractivity contribution in [2.24, 2.45) is 0 Å². The van der Waals surface area contributed by atoms with Crippen LogP contribution in [-0.4, -0.2) is 39.7 Å². The Bertz CT molecular complexity index is 1220. The molecule has 0 saturated carbocycles. The molecule has 168 valence electrons. The lowest BCUT2D eigenvalue weighted by Gasteiger charge is -2.30. The van der Waals surface area contributed by atoms with Crippen LogP contribution < -0.4 is 15.4 Å². The fraction of sp³-hybridized carbons (Fsp3) is 0.182. The number of rotatable bonds is 4. The molecule has 4 rings (SSSR count). The highest BCUT2D eigenvalue weighted by molar-refractivity contribution is 6.15. The first-order chi connectivity index (χ1) is 15.8. The van der Waals surface area contributed by atoms with Crippen molar-refractivity contribution in [3.8, 4) is 5.75 Å². The van der Waals surface area contributed by atoms with Crippen molar-refractivity contribution in [1.29, 1.82) is 0 Å². The number of nitrogens with one attached hydrogen (secondary N) is 2. The average molecular weight is 450 g/mol. The summed E-state index contributed by atoms with van der Waals surface area (Å²) in [7, 11) is 0. The van der Waals surface area contributed by atoms with Crippen molar-refractivity contribution >= 4 is 40.9 Å². The number of non-ortho nitro benzene ring substituents is 1. The molecular formula is C22H18N4O7. The number of allylic oxidation sites excluding steroid dienone is 1. The molecule has 2 aliphatic heterocycles. The fourth-order valence-electron chi connectivity index (χ4n) is 3.87. The van der Waals surface area contributed by atoms with Crippen molar-refractivity contribution in [3.05, 3.63) is 69.8 Å². The van der Waals surface area contributed by atoms with Crippen molar-refractivity contribution < 1.29 is 28.8 Å². The van der Waals surface area contributed by atoms with E-state index in [9.17, 15) is 29.3 Å². The molecule has 0 aromatic heterocycles. The number of nitro groups is 1. The minimum absolute atomic E-state index is 0.0955. The highest BCUT2D eigenvalue weighted by Gasteiger charge is 2.43. The van der Waals surface area contributed by atoms with Gasteiger partial charge in [-0.3, -0.25) is 40.0 Å². The van der Waals surface area contributed by atoms with Crippen molar-refractivity contribution in [3.63, 3.8) is 0 Å². The van der Waals surface area contributed by atoms with Gasteiger partial charge in [0.2, 0.25) is 11.8 Å². The van der Waals surface area contributed by atoms with Crippen LogP contribution >= 0.6 is 0 Å². The third kappa shape index (κ3) is 4.03. The molecule has 11 nitrogen and oxygen atoms in total. The Morgan fingerprint density at radius 3 is 2.58 bits per heavy atom. The van der Waals surface area contributed by atoms with E-state index in [0.717, 1.165) is 0 Å². The Kier molecular flexibility index (Phi) is 5.61. The number of carbonyl (C=O) groups is 4. The summed E-state index contributed by atoms with van der Waals surface area (Å²) in [4.78, 5) is 61.0. The molecule has 1 unspecified atom stereocenters. The number of hydrogen-bond donors (Lipinski definition) is 2. The molecule has 2 aromatic rings. The van der Waals surface area contributed by atoms with Gasteiger partial charge in [0.15, 0.2) is 0 Å². The van der Waals surface area contributed by atoms with E-state index in [1.165, 1.54) is 29.2 Å². The number of anilines is 1. The molecular weight excluding hydrogens is 432 g/mol. The number of amides is 4. The highest BCUT2D eigenvalue weighted by atomic mass is 16.6. The Hall–Kier alpha value is -4.54. The van der Waals surface area contributed by atoms with E-state index in [4.69, 9.17) is 4.74 Å². The number of ether oxygens (including phenoxy) is 1. The van der Waals surface area contributed by atoms with Gasteiger partial charge >= 0.3 is 6.09 Å². The Morgan fingerprint density at radius 1 is 1.21 bits per heavy atom. The van der Waals surface area contributed by atoms with E-state index < -0.39 is 34.8 Å². The first-order valence-electron chi connectivity index (χ1n) is 10.0. The minimum Gasteiger partial charge on any atom is -0.410 e. The van der Waals surface area contributed by atoms with Gasteiger partial charge in [0.25, 0.3) is 11.6 Å². The second-order valence-corrected chi connectivity index (χ2v) is 7.31. The Balaban J connectivity index is 1.58. The molecule has 4 amide bonds. The van der Waals surface area contributed by atoms with Crippen LogP contribution in [0.25, 0.3) is 5.70 Å². The lowest BCUT2D eigenvalue weighted by molar-refractivity contribution is -0.384. The van der Waals surface area contributed by atoms with Gasteiger partial charge in [0.1, 0.15) is 11.8 Å². The van der Waals surface area contributed by atoms with Crippen LogP contribution in [0.5, 0.6) is 5.75 Å². The topological polar surface area (TPSA) is 148 Å². The number of piperidine rings is 1. The summed E-state index contributed by atoms with van der Waals surface area (Å²) in [5, 5.41) is 15.6. The summed E-state index contributed by atoms with van der Waals surface area (Å²) in [6.45, 7) is 1.70. The van der Waals surface area contributed by atoms with Gasteiger partial charge in [-0.25, -0.2) is 4.79 Å². The lowest BCUT2D eigenvalue weighted by Crippen LogP contribution is -2.52. The molecule has 0 aliphatic carbocycles. The van der Waals surface area contributed by atoms with Gasteiger partial charge < -0.3 is 4.74 Å². The van der Waals surface area contributed by atoms with Gasteiger partial charge in [0.05, 0.1) is 21.9 Å². The maximum atomic E-state index is 13.1. The summed E-state index contributed by atoms with van der Waals surface area (Å²) >= 11 is 0. The van der Waals surface area contributed by atoms with Crippen LogP contribution in [0, 0.1) is 10.1 Å². The highest BCUT2D eigenvalue weighted by Crippen LogP contribution is 2.40. The second-order valence-electron chi connectivity index (χ2n) is 7.31. The lowest BCUT2D eigenvalue weighted by atomic mass is 10.0. The van der Waals surface area contributed by atoms with Crippen molar-refractivity contribution in [1.82, 2.24) is 10.2 Å². The van der Waals surface area contributed by atoms with Gasteiger partial charge in [-0.2, -0.15) is 0 Å². The quantitative estimate of drug-likeness (QED) is 0.413. The zero-order valence-electron chi connectivity index (χ0n) is 17.4. The van der Waals surface area contributed by atoms with Crippen LogP contribution in [0.4, 0.5) is 16.2 Å². The zero-order valence-corrected chi connectivity index (χ0v) is 17.4. The summed E-state index contributed by atoms with van der Waals surface area (Å²) < 4.78 is 5.19. The van der Waals surface area contributed by atoms with Crippen LogP contribution in [0.3, 0.4) is 0 Å². The maximum absolute atomic E-state index is 13.1. The number of fused-ring (bicyclic) bond motifs is 1. The first-order valence-corrected chi connectivity index (χ1v) is 10.0. The van der Waals surface area contributed by atoms with E-state index in [1.807, 2.05) is 0 Å². The number of carbonyl (C=O) groups excluding carboxylic acids is 4. The summed E-state index contributed by atoms with van der Waals surface area (Å²) in [6.07, 6.45) is 1.09. The third-order valence-electron chi connectivity index (χ3n) is 5.32. The molecule has 2 aromatic carbocycles. The molecule has 2 N–H and O–H groups in total. The smallest absolute Gasteiger partial charge is 0.410 e. The average Bonchev–Trinajstić information content (AvgIpc) is 3.07. The van der Waals surface area contributed by atoms with Crippen LogP contribution in [0.2, 0.25) is 0 Å². The number of nitro benzene ring substituents is 1. The van der Waals surface area contributed by atoms with Gasteiger partial charge in [0, 0.05) is 24.1 Å². The molecule has 1 fully saturated rings. The van der Waals surface area contributed by atoms with E-state index in [2.05, 4.69) is 10.6 Å². The molecule has 0 spiro atoms. The second kappa shape index (κ2) is 8.54. The molecule has 33 heavy (non-hydrogen) atoms. The fourth-order valence-corrected chi connectivity index (χ4v) is 3.87. The molecule has 2 aliphatic rings. The third-order valence-corrected chi connectivity index (χ3v) is 5.32. The molecule has 0 radical (unpaired) electrons. The SMILES string of the molecule is CC=C1c2c(NC(=O)Oc3ccc([N+](=O)[O-])cc3)cccc2C(=O)N1C1CCC(=O)NC1=O. The molecule has 11 heteroatoms. The monoisotopic (exact) mass is 450 g/mol. The van der Waals surface area contributed by atoms with Crippen molar-refractivity contribution in [2.75, 3.05) is 5.32 Å². The molecule has 0 bridgehead atoms. The van der Waals surface area contributed by atoms with E-state index >= 15 is 0 Å². The molecule has 2 heterocycles. The number of benzene rings is 2. The minimum atomic E-state index is -0.861. The van der Waals surface area contributed by atoms with Crippen LogP contribution in [0.1, 0.15) is 35.7 Å². The van der Waals surface area contributed by atoms with Crippen molar-refractivity contribution in [2.45, 2.75) is 25.8 Å². The van der Waals surface area contributed by atoms with E-state index in [-0.39, 0.29) is 30.0 Å². The molecule has 1 saturated heterocycles. The van der Waals surface area contributed by atoms with Gasteiger partial charge in [-0.15, -0.1) is 0 Å². The van der Waals surface area contributed by atoms with Gasteiger partial charge in [-0.05, 0) is 37.6 Å². The zero-order chi connectivity index (χ0) is 23.7. The van der Waals surface area contributed by atoms with Crippen LogP contribution in [-0.2, 0) is 9.59 Å². The summed E-state index contributed by atoms with van der Waals surface area (Å²) in [5.74, 6) is -1.27. The largest absolute Gasteiger partial charge is 0.417 e. The normalized spacial score (nSPS) is 18.7. The Labute approximate surface area is 187 Å². The number of nitrogens with zero attached hydrogens (tertiary/aromatic N) is 2. The maximum Gasteiger partial charge on any atom is 0.417 e. The van der Waals surface area contributed by atoms with E-state index in [1.54, 1.807) is 31.2 Å². The first kappa shape index (κ1) is 21.7. The predicted octanol–water partition coefficient (Wildman–Crippen LogP) is 2.83. The summed E-state index contributed by atoms with van der Waals surface area (Å²) in [5.41, 5.74) is 1.29. The number of hydrogen-bond acceptors (Lipinski definition) is 7.